The number of halogens is 1. The Morgan fingerprint density at radius 2 is 2.24 bits per heavy atom. The zero-order valence-electron chi connectivity index (χ0n) is 14.1. The van der Waals surface area contributed by atoms with Gasteiger partial charge >= 0.3 is 0 Å². The number of nitrogens with one attached hydrogen (secondary N) is 2. The van der Waals surface area contributed by atoms with Gasteiger partial charge in [-0.2, -0.15) is 5.26 Å². The molecule has 2 aliphatic rings. The second-order valence-corrected chi connectivity index (χ2v) is 7.46. The minimum absolute atomic E-state index is 0.0209. The number of carbonyl (C=O) groups is 2. The molecule has 1 saturated carbocycles. The second kappa shape index (κ2) is 7.92. The number of amides is 2. The Bertz CT molecular complexity index is 677. The van der Waals surface area contributed by atoms with Crippen molar-refractivity contribution in [1.29, 1.82) is 5.26 Å². The average Bonchev–Trinajstić information content (AvgIpc) is 3.33. The van der Waals surface area contributed by atoms with E-state index in [-0.39, 0.29) is 23.8 Å². The Morgan fingerprint density at radius 3 is 2.84 bits per heavy atom. The molecule has 1 aromatic rings. The largest absolute Gasteiger partial charge is 0.356 e. The molecule has 6 nitrogen and oxygen atoms in total. The zero-order chi connectivity index (χ0) is 17.8. The van der Waals surface area contributed by atoms with Crippen molar-refractivity contribution >= 4 is 23.4 Å². The summed E-state index contributed by atoms with van der Waals surface area (Å²) >= 11 is 5.99. The van der Waals surface area contributed by atoms with Gasteiger partial charge in [0, 0.05) is 24.9 Å². The van der Waals surface area contributed by atoms with Crippen molar-refractivity contribution in [2.45, 2.75) is 50.6 Å². The van der Waals surface area contributed by atoms with Crippen molar-refractivity contribution < 1.29 is 9.59 Å². The van der Waals surface area contributed by atoms with Gasteiger partial charge in [-0.3, -0.25) is 9.59 Å². The Morgan fingerprint density at radius 1 is 1.44 bits per heavy atom. The minimum atomic E-state index is -0.658. The fraction of sp³-hybridized carbons (Fsp3) is 0.611. The van der Waals surface area contributed by atoms with Crippen molar-refractivity contribution in [2.24, 2.45) is 11.8 Å². The highest BCUT2D eigenvalue weighted by atomic mass is 35.5. The highest BCUT2D eigenvalue weighted by molar-refractivity contribution is 6.30. The van der Waals surface area contributed by atoms with E-state index >= 15 is 0 Å². The van der Waals surface area contributed by atoms with Crippen LogP contribution in [0.3, 0.4) is 0 Å². The molecule has 2 amide bonds. The van der Waals surface area contributed by atoms with E-state index in [1.165, 1.54) is 0 Å². The van der Waals surface area contributed by atoms with E-state index in [4.69, 9.17) is 11.6 Å². The van der Waals surface area contributed by atoms with Crippen LogP contribution >= 0.6 is 11.6 Å². The second-order valence-electron chi connectivity index (χ2n) is 7.03. The molecule has 1 aliphatic heterocycles. The van der Waals surface area contributed by atoms with E-state index in [1.807, 2.05) is 4.57 Å². The molecule has 134 valence electrons. The molecule has 1 saturated heterocycles. The molecule has 7 heteroatoms. The summed E-state index contributed by atoms with van der Waals surface area (Å²) in [5.74, 6) is 0.151. The quantitative estimate of drug-likeness (QED) is 0.780. The standard InChI is InChI=1S/C18H23ClN4O2/c19-14-5-7-23(11-14)16(8-12-3-4-12)18(25)22-15(10-20)9-13-2-1-6-21-17(13)24/h5,7,11-13,15-16H,1-4,6,8-9H2,(H,21,24)(H,22,25)/t13?,15-,16?/m0/s1. The molecule has 3 atom stereocenters. The number of aromatic nitrogens is 1. The highest BCUT2D eigenvalue weighted by Gasteiger charge is 2.32. The fourth-order valence-corrected chi connectivity index (χ4v) is 3.54. The number of nitriles is 1. The number of hydrogen-bond donors (Lipinski definition) is 2. The molecule has 1 aliphatic carbocycles. The summed E-state index contributed by atoms with van der Waals surface area (Å²) in [6, 6.07) is 2.86. The van der Waals surface area contributed by atoms with E-state index in [0.29, 0.717) is 23.9 Å². The van der Waals surface area contributed by atoms with E-state index in [0.717, 1.165) is 32.1 Å². The van der Waals surface area contributed by atoms with Crippen LogP contribution in [0.5, 0.6) is 0 Å². The van der Waals surface area contributed by atoms with Crippen molar-refractivity contribution in [2.75, 3.05) is 6.54 Å². The molecular formula is C18H23ClN4O2. The number of nitrogens with zero attached hydrogens (tertiary/aromatic N) is 2. The predicted molar refractivity (Wildman–Crippen MR) is 93.7 cm³/mol. The van der Waals surface area contributed by atoms with Crippen LogP contribution in [0.25, 0.3) is 0 Å². The Hall–Kier alpha value is -2.00. The van der Waals surface area contributed by atoms with E-state index in [1.54, 1.807) is 18.5 Å². The molecule has 0 spiro atoms. The van der Waals surface area contributed by atoms with Gasteiger partial charge < -0.3 is 15.2 Å². The highest BCUT2D eigenvalue weighted by Crippen LogP contribution is 2.37. The van der Waals surface area contributed by atoms with Crippen LogP contribution < -0.4 is 10.6 Å². The molecule has 0 radical (unpaired) electrons. The van der Waals surface area contributed by atoms with Crippen LogP contribution in [-0.4, -0.2) is 29.0 Å². The van der Waals surface area contributed by atoms with Gasteiger partial charge in [-0.15, -0.1) is 0 Å². The SMILES string of the molecule is N#C[C@H](CC1CCCNC1=O)NC(=O)C(CC1CC1)n1ccc(Cl)c1. The van der Waals surface area contributed by atoms with E-state index < -0.39 is 6.04 Å². The van der Waals surface area contributed by atoms with Crippen LogP contribution in [-0.2, 0) is 9.59 Å². The summed E-state index contributed by atoms with van der Waals surface area (Å²) < 4.78 is 1.82. The van der Waals surface area contributed by atoms with Crippen molar-refractivity contribution in [3.05, 3.63) is 23.5 Å². The first kappa shape index (κ1) is 17.8. The van der Waals surface area contributed by atoms with Crippen LogP contribution in [0.15, 0.2) is 18.5 Å². The minimum Gasteiger partial charge on any atom is -0.356 e. The molecule has 0 bridgehead atoms. The molecule has 0 aromatic carbocycles. The van der Waals surface area contributed by atoms with Crippen molar-refractivity contribution in [1.82, 2.24) is 15.2 Å². The summed E-state index contributed by atoms with van der Waals surface area (Å²) in [4.78, 5) is 24.7. The first-order valence-electron chi connectivity index (χ1n) is 8.87. The fourth-order valence-electron chi connectivity index (χ4n) is 3.37. The van der Waals surface area contributed by atoms with Crippen LogP contribution in [0.1, 0.15) is 44.6 Å². The molecule has 1 aromatic heterocycles. The predicted octanol–water partition coefficient (Wildman–Crippen LogP) is 2.41. The van der Waals surface area contributed by atoms with Crippen LogP contribution in [0, 0.1) is 23.2 Å². The van der Waals surface area contributed by atoms with Gasteiger partial charge in [0.15, 0.2) is 0 Å². The molecule has 2 N–H and O–H groups in total. The van der Waals surface area contributed by atoms with Crippen LogP contribution in [0.2, 0.25) is 5.02 Å². The first-order chi connectivity index (χ1) is 12.1. The summed E-state index contributed by atoms with van der Waals surface area (Å²) in [5.41, 5.74) is 0. The van der Waals surface area contributed by atoms with Gasteiger partial charge in [-0.25, -0.2) is 0 Å². The normalized spacial score (nSPS) is 22.6. The van der Waals surface area contributed by atoms with E-state index in [9.17, 15) is 14.9 Å². The summed E-state index contributed by atoms with van der Waals surface area (Å²) in [7, 11) is 0. The van der Waals surface area contributed by atoms with Gasteiger partial charge in [-0.05, 0) is 37.7 Å². The van der Waals surface area contributed by atoms with Gasteiger partial charge in [0.05, 0.1) is 11.1 Å². The number of hydrogen-bond acceptors (Lipinski definition) is 3. The van der Waals surface area contributed by atoms with Gasteiger partial charge in [0.1, 0.15) is 12.1 Å². The average molecular weight is 363 g/mol. The Kier molecular flexibility index (Phi) is 5.64. The third kappa shape index (κ3) is 4.76. The molecule has 2 unspecified atom stereocenters. The maximum absolute atomic E-state index is 12.8. The Balaban J connectivity index is 1.64. The monoisotopic (exact) mass is 362 g/mol. The summed E-state index contributed by atoms with van der Waals surface area (Å²) in [6.07, 6.45) is 8.60. The summed E-state index contributed by atoms with van der Waals surface area (Å²) in [5, 5.41) is 15.7. The Labute approximate surface area is 152 Å². The third-order valence-corrected chi connectivity index (χ3v) is 5.21. The topological polar surface area (TPSA) is 86.9 Å². The molecule has 2 heterocycles. The smallest absolute Gasteiger partial charge is 0.244 e. The lowest BCUT2D eigenvalue weighted by atomic mass is 9.92. The number of rotatable bonds is 7. The van der Waals surface area contributed by atoms with Crippen molar-refractivity contribution in [3.63, 3.8) is 0 Å². The van der Waals surface area contributed by atoms with Crippen molar-refractivity contribution in [3.8, 4) is 6.07 Å². The first-order valence-corrected chi connectivity index (χ1v) is 9.25. The lowest BCUT2D eigenvalue weighted by molar-refractivity contribution is -0.128. The van der Waals surface area contributed by atoms with Crippen LogP contribution in [0.4, 0.5) is 0 Å². The molecule has 3 rings (SSSR count). The summed E-state index contributed by atoms with van der Waals surface area (Å²) in [6.45, 7) is 0.691. The third-order valence-electron chi connectivity index (χ3n) is 4.99. The number of piperidine rings is 1. The maximum Gasteiger partial charge on any atom is 0.244 e. The molecule has 2 fully saturated rings. The molecular weight excluding hydrogens is 340 g/mol. The molecule has 25 heavy (non-hydrogen) atoms. The number of carbonyl (C=O) groups excluding carboxylic acids is 2. The lowest BCUT2D eigenvalue weighted by Gasteiger charge is -2.25. The zero-order valence-corrected chi connectivity index (χ0v) is 14.8. The van der Waals surface area contributed by atoms with Gasteiger partial charge in [-0.1, -0.05) is 24.4 Å². The van der Waals surface area contributed by atoms with Gasteiger partial charge in [0.25, 0.3) is 0 Å². The van der Waals surface area contributed by atoms with Gasteiger partial charge in [0.2, 0.25) is 11.8 Å². The lowest BCUT2D eigenvalue weighted by Crippen LogP contribution is -2.43. The van der Waals surface area contributed by atoms with E-state index in [2.05, 4.69) is 16.7 Å². The maximum atomic E-state index is 12.8.